The summed E-state index contributed by atoms with van der Waals surface area (Å²) < 4.78 is 63.0. The van der Waals surface area contributed by atoms with Gasteiger partial charge < -0.3 is 14.4 Å². The lowest BCUT2D eigenvalue weighted by Gasteiger charge is -2.29. The topological polar surface area (TPSA) is 54.9 Å². The van der Waals surface area contributed by atoms with Crippen LogP contribution < -0.4 is 14.4 Å². The lowest BCUT2D eigenvalue weighted by atomic mass is 10.1. The number of hydrogen-bond acceptors (Lipinski definition) is 6. The summed E-state index contributed by atoms with van der Waals surface area (Å²) in [6, 6.07) is 2.00. The number of anilines is 1. The number of carbonyl (C=O) groups is 1. The van der Waals surface area contributed by atoms with Crippen molar-refractivity contribution in [3.63, 3.8) is 0 Å². The average Bonchev–Trinajstić information content (AvgIpc) is 3.37. The van der Waals surface area contributed by atoms with E-state index < -0.39 is 30.5 Å². The number of thiazole rings is 1. The highest BCUT2D eigenvalue weighted by Gasteiger charge is 2.38. The Morgan fingerprint density at radius 1 is 1.35 bits per heavy atom. The first kappa shape index (κ1) is 22.8. The first-order valence-corrected chi connectivity index (χ1v) is 10.0. The van der Waals surface area contributed by atoms with Crippen molar-refractivity contribution in [2.75, 3.05) is 38.8 Å². The van der Waals surface area contributed by atoms with E-state index in [2.05, 4.69) is 10.9 Å². The molecule has 1 aromatic heterocycles. The number of benzene rings is 1. The second kappa shape index (κ2) is 9.11. The summed E-state index contributed by atoms with van der Waals surface area (Å²) >= 11 is 1.10. The maximum atomic E-state index is 14.4. The predicted molar refractivity (Wildman–Crippen MR) is 107 cm³/mol. The third-order valence-corrected chi connectivity index (χ3v) is 5.56. The lowest BCUT2D eigenvalue weighted by molar-refractivity contribution is -0.143. The van der Waals surface area contributed by atoms with Gasteiger partial charge in [0.2, 0.25) is 5.82 Å². The zero-order valence-electron chi connectivity index (χ0n) is 16.7. The van der Waals surface area contributed by atoms with Crippen LogP contribution in [0.15, 0.2) is 17.5 Å². The Morgan fingerprint density at radius 2 is 2.00 bits per heavy atom. The van der Waals surface area contributed by atoms with Crippen molar-refractivity contribution < 1.29 is 31.8 Å². The molecule has 0 unspecified atom stereocenters. The number of likely N-dealkylation sites (tertiary alicyclic amines) is 1. The number of methoxy groups -OCH3 is 2. The van der Waals surface area contributed by atoms with Crippen molar-refractivity contribution in [2.24, 2.45) is 0 Å². The molecule has 1 amide bonds. The quantitative estimate of drug-likeness (QED) is 0.491. The Balaban J connectivity index is 2.01. The smallest absolute Gasteiger partial charge is 0.401 e. The number of alkyl halides is 3. The largest absolute Gasteiger partial charge is 0.493 e. The number of aromatic nitrogens is 1. The second-order valence-electron chi connectivity index (χ2n) is 6.81. The molecular formula is C20H19F4N3O3S. The molecule has 31 heavy (non-hydrogen) atoms. The van der Waals surface area contributed by atoms with Gasteiger partial charge in [0.15, 0.2) is 16.5 Å². The molecule has 1 atom stereocenters. The monoisotopic (exact) mass is 457 g/mol. The van der Waals surface area contributed by atoms with Gasteiger partial charge in [-0.25, -0.2) is 4.98 Å². The van der Waals surface area contributed by atoms with Gasteiger partial charge in [-0.2, -0.15) is 17.6 Å². The van der Waals surface area contributed by atoms with Crippen LogP contribution in [0.2, 0.25) is 0 Å². The summed E-state index contributed by atoms with van der Waals surface area (Å²) in [5, 5.41) is 1.77. The van der Waals surface area contributed by atoms with Crippen molar-refractivity contribution in [3.8, 4) is 23.8 Å². The standard InChI is InChI=1S/C20H19F4N3O3S/c1-4-17-25-14(10-31-17)19(28)27(12-5-6-26(9-12)11-20(22,23)24)13-7-15(29-2)18(21)16(8-13)30-3/h1,7-8,10,12H,5-6,9,11H2,2-3H3/t12-/m1/s1. The molecule has 166 valence electrons. The van der Waals surface area contributed by atoms with E-state index >= 15 is 0 Å². The van der Waals surface area contributed by atoms with Crippen LogP contribution in [-0.2, 0) is 0 Å². The van der Waals surface area contributed by atoms with Gasteiger partial charge in [-0.3, -0.25) is 9.69 Å². The van der Waals surface area contributed by atoms with Gasteiger partial charge in [0.1, 0.15) is 5.69 Å². The van der Waals surface area contributed by atoms with Gasteiger partial charge in [0.05, 0.1) is 32.5 Å². The summed E-state index contributed by atoms with van der Waals surface area (Å²) in [5.74, 6) is 0.690. The van der Waals surface area contributed by atoms with Crippen LogP contribution >= 0.6 is 11.3 Å². The van der Waals surface area contributed by atoms with Gasteiger partial charge >= 0.3 is 6.18 Å². The third kappa shape index (κ3) is 5.08. The van der Waals surface area contributed by atoms with Gasteiger partial charge in [-0.05, 0) is 12.3 Å². The molecule has 0 N–H and O–H groups in total. The zero-order chi connectivity index (χ0) is 22.8. The highest BCUT2D eigenvalue weighted by molar-refractivity contribution is 7.10. The van der Waals surface area contributed by atoms with E-state index in [1.54, 1.807) is 0 Å². The number of amides is 1. The Hall–Kier alpha value is -2.84. The van der Waals surface area contributed by atoms with Crippen LogP contribution in [0.4, 0.5) is 23.2 Å². The maximum Gasteiger partial charge on any atom is 0.401 e. The molecule has 3 rings (SSSR count). The number of hydrogen-bond donors (Lipinski definition) is 0. The van der Waals surface area contributed by atoms with Crippen LogP contribution in [0, 0.1) is 18.2 Å². The zero-order valence-corrected chi connectivity index (χ0v) is 17.5. The fraction of sp³-hybridized carbons (Fsp3) is 0.400. The van der Waals surface area contributed by atoms with Crippen molar-refractivity contribution in [1.82, 2.24) is 9.88 Å². The average molecular weight is 457 g/mol. The molecule has 0 saturated carbocycles. The fourth-order valence-corrected chi connectivity index (χ4v) is 4.07. The summed E-state index contributed by atoms with van der Waals surface area (Å²) in [5.41, 5.74) is 0.267. The highest BCUT2D eigenvalue weighted by Crippen LogP contribution is 2.36. The molecule has 2 aromatic rings. The molecule has 2 heterocycles. The molecule has 1 aliphatic heterocycles. The first-order chi connectivity index (χ1) is 14.7. The number of nitrogens with zero attached hydrogens (tertiary/aromatic N) is 3. The molecule has 1 fully saturated rings. The minimum absolute atomic E-state index is 0.0145. The molecule has 0 aliphatic carbocycles. The Labute approximate surface area is 180 Å². The first-order valence-electron chi connectivity index (χ1n) is 9.13. The molecule has 0 spiro atoms. The van der Waals surface area contributed by atoms with E-state index in [0.717, 1.165) is 11.3 Å². The van der Waals surface area contributed by atoms with E-state index in [0.29, 0.717) is 5.01 Å². The normalized spacial score (nSPS) is 16.7. The van der Waals surface area contributed by atoms with Crippen LogP contribution in [0.5, 0.6) is 11.5 Å². The Kier molecular flexibility index (Phi) is 6.71. The Morgan fingerprint density at radius 3 is 2.52 bits per heavy atom. The van der Waals surface area contributed by atoms with Crippen molar-refractivity contribution >= 4 is 22.9 Å². The molecular weight excluding hydrogens is 438 g/mol. The highest BCUT2D eigenvalue weighted by atomic mass is 32.1. The molecule has 1 aliphatic rings. The fourth-order valence-electron chi connectivity index (χ4n) is 3.47. The molecule has 0 radical (unpaired) electrons. The molecule has 11 heteroatoms. The summed E-state index contributed by atoms with van der Waals surface area (Å²) in [6.07, 6.45) is 1.26. The van der Waals surface area contributed by atoms with Crippen molar-refractivity contribution in [1.29, 1.82) is 0 Å². The van der Waals surface area contributed by atoms with Crippen molar-refractivity contribution in [2.45, 2.75) is 18.6 Å². The SMILES string of the molecule is C#Cc1nc(C(=O)N(c2cc(OC)c(F)c(OC)c2)[C@@H]2CCN(CC(F)(F)F)C2)cs1. The lowest BCUT2D eigenvalue weighted by Crippen LogP contribution is -2.43. The van der Waals surface area contributed by atoms with E-state index in [1.807, 2.05) is 0 Å². The van der Waals surface area contributed by atoms with Gasteiger partial charge in [0, 0.05) is 30.6 Å². The number of terminal acetylenes is 1. The summed E-state index contributed by atoms with van der Waals surface area (Å²) in [4.78, 5) is 19.9. The van der Waals surface area contributed by atoms with E-state index in [9.17, 15) is 22.4 Å². The molecule has 1 aromatic carbocycles. The van der Waals surface area contributed by atoms with Crippen LogP contribution in [0.25, 0.3) is 0 Å². The maximum absolute atomic E-state index is 14.4. The van der Waals surface area contributed by atoms with Crippen LogP contribution in [0.3, 0.4) is 0 Å². The minimum atomic E-state index is -4.36. The predicted octanol–water partition coefficient (Wildman–Crippen LogP) is 3.56. The second-order valence-corrected chi connectivity index (χ2v) is 7.67. The number of rotatable bonds is 6. The number of ether oxygens (including phenoxy) is 2. The van der Waals surface area contributed by atoms with E-state index in [1.165, 1.54) is 41.5 Å². The summed E-state index contributed by atoms with van der Waals surface area (Å²) in [7, 11) is 2.52. The van der Waals surface area contributed by atoms with Crippen LogP contribution in [0.1, 0.15) is 21.9 Å². The molecule has 6 nitrogen and oxygen atoms in total. The number of carbonyl (C=O) groups excluding carboxylic acids is 1. The third-order valence-electron chi connectivity index (χ3n) is 4.79. The minimum Gasteiger partial charge on any atom is -0.493 e. The van der Waals surface area contributed by atoms with E-state index in [4.69, 9.17) is 15.9 Å². The van der Waals surface area contributed by atoms with Crippen molar-refractivity contribution in [3.05, 3.63) is 34.0 Å². The Bertz CT molecular complexity index is 977. The molecule has 0 bridgehead atoms. The van der Waals surface area contributed by atoms with Crippen LogP contribution in [-0.4, -0.2) is 61.9 Å². The van der Waals surface area contributed by atoms with E-state index in [-0.39, 0.29) is 42.4 Å². The summed E-state index contributed by atoms with van der Waals surface area (Å²) in [6.45, 7) is -0.949. The van der Waals surface area contributed by atoms with Gasteiger partial charge in [-0.1, -0.05) is 0 Å². The van der Waals surface area contributed by atoms with Gasteiger partial charge in [0.25, 0.3) is 5.91 Å². The number of halogens is 4. The molecule has 1 saturated heterocycles. The van der Waals surface area contributed by atoms with Gasteiger partial charge in [-0.15, -0.1) is 17.8 Å².